The van der Waals surface area contributed by atoms with E-state index in [0.717, 1.165) is 38.3 Å². The molecule has 1 aromatic heterocycles. The Morgan fingerprint density at radius 2 is 2.45 bits per heavy atom. The van der Waals surface area contributed by atoms with Crippen molar-refractivity contribution in [3.8, 4) is 0 Å². The molecule has 4 nitrogen and oxygen atoms in total. The highest BCUT2D eigenvalue weighted by atomic mass is 32.2. The quantitative estimate of drug-likeness (QED) is 0.850. The maximum Gasteiger partial charge on any atom is 0.242 e. The average Bonchev–Trinajstić information content (AvgIpc) is 2.90. The Kier molecular flexibility index (Phi) is 4.50. The zero-order valence-corrected chi connectivity index (χ0v) is 13.5. The molecule has 3 rings (SSSR count). The summed E-state index contributed by atoms with van der Waals surface area (Å²) in [4.78, 5) is 16.7. The van der Waals surface area contributed by atoms with Crippen molar-refractivity contribution in [1.29, 1.82) is 0 Å². The summed E-state index contributed by atoms with van der Waals surface area (Å²) in [5.74, 6) is 1.96. The molecule has 1 aromatic carbocycles. The number of aromatic nitrogens is 1. The van der Waals surface area contributed by atoms with Gasteiger partial charge in [0, 0.05) is 23.7 Å². The maximum atomic E-state index is 12.2. The third-order valence-electron chi connectivity index (χ3n) is 3.05. The number of hydrogen-bond acceptors (Lipinski definition) is 6. The number of carbonyl (C=O) groups excluding carboxylic acids is 1. The normalized spacial score (nSPS) is 19.1. The van der Waals surface area contributed by atoms with Crippen LogP contribution in [0.25, 0.3) is 10.2 Å². The number of thiazole rings is 1. The number of rotatable bonds is 3. The van der Waals surface area contributed by atoms with Gasteiger partial charge >= 0.3 is 0 Å². The van der Waals surface area contributed by atoms with Gasteiger partial charge in [0.25, 0.3) is 0 Å². The summed E-state index contributed by atoms with van der Waals surface area (Å²) in [6.07, 6.45) is 2.02. The van der Waals surface area contributed by atoms with Gasteiger partial charge in [0.2, 0.25) is 5.91 Å². The van der Waals surface area contributed by atoms with Gasteiger partial charge < -0.3 is 10.6 Å². The lowest BCUT2D eigenvalue weighted by atomic mass is 10.2. The van der Waals surface area contributed by atoms with E-state index in [1.54, 1.807) is 23.1 Å². The first kappa shape index (κ1) is 14.2. The van der Waals surface area contributed by atoms with Gasteiger partial charge in [-0.1, -0.05) is 11.8 Å². The molecule has 0 aliphatic carbocycles. The first-order chi connectivity index (χ1) is 9.76. The van der Waals surface area contributed by atoms with Crippen LogP contribution < -0.4 is 10.6 Å². The van der Waals surface area contributed by atoms with Crippen molar-refractivity contribution >= 4 is 56.7 Å². The second kappa shape index (κ2) is 6.34. The second-order valence-corrected chi connectivity index (χ2v) is 7.67. The lowest BCUT2D eigenvalue weighted by Crippen LogP contribution is -2.46. The summed E-state index contributed by atoms with van der Waals surface area (Å²) in [6.45, 7) is 0.897. The van der Waals surface area contributed by atoms with E-state index in [4.69, 9.17) is 0 Å². The van der Waals surface area contributed by atoms with E-state index in [2.05, 4.69) is 15.6 Å². The molecule has 0 bridgehead atoms. The average molecular weight is 325 g/mol. The zero-order chi connectivity index (χ0) is 13.9. The predicted octanol–water partition coefficient (Wildman–Crippen LogP) is 2.66. The smallest absolute Gasteiger partial charge is 0.242 e. The molecule has 1 atom stereocenters. The fourth-order valence-electron chi connectivity index (χ4n) is 2.03. The van der Waals surface area contributed by atoms with E-state index in [1.807, 2.05) is 36.2 Å². The SMILES string of the molecule is CSc1nc2ccc(NC(=O)C3CSCCN3)cc2s1. The van der Waals surface area contributed by atoms with Gasteiger partial charge in [-0.25, -0.2) is 4.98 Å². The third-order valence-corrected chi connectivity index (χ3v) is 6.11. The van der Waals surface area contributed by atoms with Gasteiger partial charge in [0.05, 0.1) is 16.3 Å². The van der Waals surface area contributed by atoms with Crippen molar-refractivity contribution in [2.75, 3.05) is 29.6 Å². The first-order valence-electron chi connectivity index (χ1n) is 6.33. The lowest BCUT2D eigenvalue weighted by Gasteiger charge is -2.22. The van der Waals surface area contributed by atoms with Crippen molar-refractivity contribution in [3.63, 3.8) is 0 Å². The van der Waals surface area contributed by atoms with Crippen molar-refractivity contribution in [1.82, 2.24) is 10.3 Å². The zero-order valence-electron chi connectivity index (χ0n) is 11.0. The van der Waals surface area contributed by atoms with Crippen LogP contribution in [0.1, 0.15) is 0 Å². The molecular weight excluding hydrogens is 310 g/mol. The number of amides is 1. The highest BCUT2D eigenvalue weighted by Crippen LogP contribution is 2.30. The van der Waals surface area contributed by atoms with Crippen LogP contribution in [0.2, 0.25) is 0 Å². The Hall–Kier alpha value is -0.760. The summed E-state index contributed by atoms with van der Waals surface area (Å²) in [7, 11) is 0. The molecule has 106 valence electrons. The summed E-state index contributed by atoms with van der Waals surface area (Å²) in [6, 6.07) is 5.79. The highest BCUT2D eigenvalue weighted by Gasteiger charge is 2.20. The predicted molar refractivity (Wildman–Crippen MR) is 89.1 cm³/mol. The molecule has 20 heavy (non-hydrogen) atoms. The van der Waals surface area contributed by atoms with Gasteiger partial charge in [-0.2, -0.15) is 11.8 Å². The number of hydrogen-bond donors (Lipinski definition) is 2. The molecule has 7 heteroatoms. The van der Waals surface area contributed by atoms with Crippen molar-refractivity contribution in [3.05, 3.63) is 18.2 Å². The number of anilines is 1. The van der Waals surface area contributed by atoms with Gasteiger partial charge in [-0.15, -0.1) is 11.3 Å². The van der Waals surface area contributed by atoms with Crippen LogP contribution in [0.5, 0.6) is 0 Å². The van der Waals surface area contributed by atoms with Crippen LogP contribution in [-0.2, 0) is 4.79 Å². The monoisotopic (exact) mass is 325 g/mol. The van der Waals surface area contributed by atoms with Crippen molar-refractivity contribution in [2.45, 2.75) is 10.4 Å². The minimum absolute atomic E-state index is 0.0474. The molecule has 2 heterocycles. The Balaban J connectivity index is 1.74. The number of nitrogens with zero attached hydrogens (tertiary/aromatic N) is 1. The van der Waals surface area contributed by atoms with E-state index in [0.29, 0.717) is 0 Å². The van der Waals surface area contributed by atoms with Crippen LogP contribution in [-0.4, -0.2) is 41.2 Å². The van der Waals surface area contributed by atoms with Gasteiger partial charge in [0.15, 0.2) is 4.34 Å². The molecule has 1 fully saturated rings. The number of thioether (sulfide) groups is 2. The van der Waals surface area contributed by atoms with Crippen LogP contribution in [0.4, 0.5) is 5.69 Å². The molecule has 0 spiro atoms. The highest BCUT2D eigenvalue weighted by molar-refractivity contribution is 8.00. The van der Waals surface area contributed by atoms with Crippen LogP contribution in [0, 0.1) is 0 Å². The number of carbonyl (C=O) groups is 1. The number of fused-ring (bicyclic) bond motifs is 1. The summed E-state index contributed by atoms with van der Waals surface area (Å²) >= 11 is 5.12. The van der Waals surface area contributed by atoms with Gasteiger partial charge in [-0.05, 0) is 24.5 Å². The Morgan fingerprint density at radius 3 is 3.20 bits per heavy atom. The first-order valence-corrected chi connectivity index (χ1v) is 9.52. The molecule has 1 aliphatic rings. The largest absolute Gasteiger partial charge is 0.325 e. The van der Waals surface area contributed by atoms with Crippen LogP contribution in [0.15, 0.2) is 22.5 Å². The van der Waals surface area contributed by atoms with Crippen molar-refractivity contribution in [2.24, 2.45) is 0 Å². The lowest BCUT2D eigenvalue weighted by molar-refractivity contribution is -0.117. The minimum Gasteiger partial charge on any atom is -0.325 e. The minimum atomic E-state index is -0.0901. The number of nitrogens with one attached hydrogen (secondary N) is 2. The van der Waals surface area contributed by atoms with E-state index in [9.17, 15) is 4.79 Å². The van der Waals surface area contributed by atoms with Gasteiger partial charge in [0.1, 0.15) is 0 Å². The third kappa shape index (κ3) is 3.11. The Bertz CT molecular complexity index is 622. The van der Waals surface area contributed by atoms with Crippen LogP contribution in [0.3, 0.4) is 0 Å². The molecule has 2 N–H and O–H groups in total. The molecule has 2 aromatic rings. The standard InChI is InChI=1S/C13H15N3OS3/c1-18-13-16-9-3-2-8(6-11(9)20-13)15-12(17)10-7-19-5-4-14-10/h2-3,6,10,14H,4-5,7H2,1H3,(H,15,17). The fraction of sp³-hybridized carbons (Fsp3) is 0.385. The molecule has 1 amide bonds. The molecule has 0 saturated carbocycles. The topological polar surface area (TPSA) is 54.0 Å². The fourth-order valence-corrected chi connectivity index (χ4v) is 4.49. The molecule has 1 unspecified atom stereocenters. The second-order valence-electron chi connectivity index (χ2n) is 4.44. The van der Waals surface area contributed by atoms with Crippen LogP contribution >= 0.6 is 34.9 Å². The van der Waals surface area contributed by atoms with Gasteiger partial charge in [-0.3, -0.25) is 4.79 Å². The summed E-state index contributed by atoms with van der Waals surface area (Å²) < 4.78 is 2.16. The summed E-state index contributed by atoms with van der Waals surface area (Å²) in [5, 5.41) is 6.23. The molecule has 0 radical (unpaired) electrons. The van der Waals surface area contributed by atoms with E-state index < -0.39 is 0 Å². The van der Waals surface area contributed by atoms with E-state index in [-0.39, 0.29) is 11.9 Å². The molecule has 1 saturated heterocycles. The Labute approximate surface area is 130 Å². The maximum absolute atomic E-state index is 12.2. The molecule has 1 aliphatic heterocycles. The van der Waals surface area contributed by atoms with E-state index in [1.165, 1.54) is 0 Å². The molecular formula is C13H15N3OS3. The van der Waals surface area contributed by atoms with Crippen molar-refractivity contribution < 1.29 is 4.79 Å². The number of benzene rings is 1. The summed E-state index contributed by atoms with van der Waals surface area (Å²) in [5.41, 5.74) is 1.83. The van der Waals surface area contributed by atoms with E-state index >= 15 is 0 Å². The Morgan fingerprint density at radius 1 is 1.55 bits per heavy atom.